The highest BCUT2D eigenvalue weighted by molar-refractivity contribution is 5.83. The molecule has 0 atom stereocenters. The van der Waals surface area contributed by atoms with E-state index in [9.17, 15) is 15.1 Å². The van der Waals surface area contributed by atoms with Crippen LogP contribution in [0.2, 0.25) is 0 Å². The zero-order valence-electron chi connectivity index (χ0n) is 9.93. The molecule has 0 radical (unpaired) electrons. The Morgan fingerprint density at radius 2 is 2.06 bits per heavy atom. The fourth-order valence-electron chi connectivity index (χ4n) is 1.69. The molecule has 2 aromatic rings. The van der Waals surface area contributed by atoms with Crippen LogP contribution >= 0.6 is 0 Å². The molecule has 0 aromatic carbocycles. The molecule has 5 nitrogen and oxygen atoms in total. The monoisotopic (exact) mass is 234 g/mol. The molecule has 0 aliphatic carbocycles. The number of rotatable bonds is 1. The van der Waals surface area contributed by atoms with Crippen LogP contribution in [0.3, 0.4) is 0 Å². The molecule has 0 spiro atoms. The predicted octanol–water partition coefficient (Wildman–Crippen LogP) is 1.77. The van der Waals surface area contributed by atoms with Crippen molar-refractivity contribution >= 4 is 11.0 Å². The Morgan fingerprint density at radius 1 is 1.41 bits per heavy atom. The van der Waals surface area contributed by atoms with E-state index in [0.29, 0.717) is 10.1 Å². The third kappa shape index (κ3) is 1.63. The Morgan fingerprint density at radius 3 is 2.65 bits per heavy atom. The molecule has 0 bridgehead atoms. The molecule has 0 unspecified atom stereocenters. The number of aromatic nitrogens is 2. The van der Waals surface area contributed by atoms with E-state index < -0.39 is 5.56 Å². The highest BCUT2D eigenvalue weighted by atomic mass is 16.5. The van der Waals surface area contributed by atoms with E-state index in [0.717, 1.165) is 5.56 Å². The summed E-state index contributed by atoms with van der Waals surface area (Å²) in [5, 5.41) is 19.9. The third-order valence-corrected chi connectivity index (χ3v) is 2.88. The average Bonchev–Trinajstić information content (AvgIpc) is 2.32. The van der Waals surface area contributed by atoms with E-state index in [1.807, 2.05) is 13.8 Å². The number of aromatic hydroxyl groups is 1. The number of hydrogen-bond donors (Lipinski definition) is 2. The van der Waals surface area contributed by atoms with Gasteiger partial charge in [0.15, 0.2) is 5.65 Å². The smallest absolute Gasteiger partial charge is 0.291 e. The summed E-state index contributed by atoms with van der Waals surface area (Å²) in [6.07, 6.45) is 1.59. The first-order valence-corrected chi connectivity index (χ1v) is 5.37. The van der Waals surface area contributed by atoms with Crippen molar-refractivity contribution in [2.75, 3.05) is 0 Å². The molecule has 2 rings (SSSR count). The van der Waals surface area contributed by atoms with Gasteiger partial charge in [-0.05, 0) is 24.5 Å². The number of fused-ring (bicyclic) bond motifs is 1. The SMILES string of the molecule is Cc1c(O)c2cc(C(C)C)cnc2n(O)c1=O. The maximum atomic E-state index is 11.5. The van der Waals surface area contributed by atoms with Crippen LogP contribution in [0.1, 0.15) is 30.9 Å². The Kier molecular flexibility index (Phi) is 2.53. The van der Waals surface area contributed by atoms with Crippen LogP contribution in [0.15, 0.2) is 17.1 Å². The van der Waals surface area contributed by atoms with Gasteiger partial charge < -0.3 is 10.3 Å². The van der Waals surface area contributed by atoms with Crippen LogP contribution in [0, 0.1) is 6.92 Å². The molecule has 17 heavy (non-hydrogen) atoms. The lowest BCUT2D eigenvalue weighted by Gasteiger charge is -2.10. The van der Waals surface area contributed by atoms with Gasteiger partial charge in [-0.25, -0.2) is 4.98 Å². The van der Waals surface area contributed by atoms with Gasteiger partial charge >= 0.3 is 0 Å². The molecular formula is C12H14N2O3. The lowest BCUT2D eigenvalue weighted by Crippen LogP contribution is -2.21. The zero-order chi connectivity index (χ0) is 12.7. The van der Waals surface area contributed by atoms with Crippen LogP contribution in [-0.2, 0) is 0 Å². The van der Waals surface area contributed by atoms with Gasteiger partial charge in [0, 0.05) is 6.20 Å². The lowest BCUT2D eigenvalue weighted by atomic mass is 10.0. The molecule has 2 heterocycles. The van der Waals surface area contributed by atoms with Gasteiger partial charge in [-0.1, -0.05) is 13.8 Å². The third-order valence-electron chi connectivity index (χ3n) is 2.88. The van der Waals surface area contributed by atoms with Gasteiger partial charge in [-0.3, -0.25) is 4.79 Å². The second-order valence-corrected chi connectivity index (χ2v) is 4.39. The summed E-state index contributed by atoms with van der Waals surface area (Å²) in [7, 11) is 0. The first kappa shape index (κ1) is 11.4. The topological polar surface area (TPSA) is 75.3 Å². The average molecular weight is 234 g/mol. The fourth-order valence-corrected chi connectivity index (χ4v) is 1.69. The Labute approximate surface area is 97.9 Å². The molecule has 0 amide bonds. The Bertz CT molecular complexity index is 644. The molecule has 90 valence electrons. The normalized spacial score (nSPS) is 11.3. The van der Waals surface area contributed by atoms with E-state index in [4.69, 9.17) is 0 Å². The van der Waals surface area contributed by atoms with Crippen molar-refractivity contribution in [3.05, 3.63) is 33.7 Å². The van der Waals surface area contributed by atoms with Crippen molar-refractivity contribution < 1.29 is 10.3 Å². The first-order chi connectivity index (χ1) is 7.93. The number of pyridine rings is 2. The Hall–Kier alpha value is -2.04. The summed E-state index contributed by atoms with van der Waals surface area (Å²) in [5.74, 6) is 0.135. The molecule has 0 aliphatic rings. The second-order valence-electron chi connectivity index (χ2n) is 4.39. The summed E-state index contributed by atoms with van der Waals surface area (Å²) in [6, 6.07) is 1.74. The molecule has 0 fully saturated rings. The molecule has 2 aromatic heterocycles. The van der Waals surface area contributed by atoms with Crippen LogP contribution in [0.5, 0.6) is 5.75 Å². The molecule has 5 heteroatoms. The molecular weight excluding hydrogens is 220 g/mol. The fraction of sp³-hybridized carbons (Fsp3) is 0.333. The number of nitrogens with zero attached hydrogens (tertiary/aromatic N) is 2. The van der Waals surface area contributed by atoms with Gasteiger partial charge in [0.25, 0.3) is 5.56 Å². The van der Waals surface area contributed by atoms with Crippen molar-refractivity contribution in [2.45, 2.75) is 26.7 Å². The van der Waals surface area contributed by atoms with Gasteiger partial charge in [0.05, 0.1) is 10.9 Å². The lowest BCUT2D eigenvalue weighted by molar-refractivity contribution is 0.185. The summed E-state index contributed by atoms with van der Waals surface area (Å²) in [6.45, 7) is 5.47. The van der Waals surface area contributed by atoms with Crippen LogP contribution < -0.4 is 5.56 Å². The maximum absolute atomic E-state index is 11.5. The van der Waals surface area contributed by atoms with Crippen LogP contribution in [-0.4, -0.2) is 20.0 Å². The van der Waals surface area contributed by atoms with E-state index in [-0.39, 0.29) is 22.9 Å². The zero-order valence-corrected chi connectivity index (χ0v) is 9.93. The van der Waals surface area contributed by atoms with Gasteiger partial charge in [0.1, 0.15) is 5.75 Å². The first-order valence-electron chi connectivity index (χ1n) is 5.37. The van der Waals surface area contributed by atoms with Gasteiger partial charge in [-0.2, -0.15) is 0 Å². The Balaban J connectivity index is 2.92. The standard InChI is InChI=1S/C12H14N2O3/c1-6(2)8-4-9-10(15)7(3)12(16)14(17)11(9)13-5-8/h4-6,15,17H,1-3H3. The summed E-state index contributed by atoms with van der Waals surface area (Å²) in [5.41, 5.74) is 0.468. The summed E-state index contributed by atoms with van der Waals surface area (Å²) >= 11 is 0. The van der Waals surface area contributed by atoms with E-state index in [1.165, 1.54) is 6.92 Å². The molecule has 2 N–H and O–H groups in total. The van der Waals surface area contributed by atoms with Crippen molar-refractivity contribution in [3.63, 3.8) is 0 Å². The predicted molar refractivity (Wildman–Crippen MR) is 63.7 cm³/mol. The van der Waals surface area contributed by atoms with Crippen molar-refractivity contribution in [3.8, 4) is 5.75 Å². The van der Waals surface area contributed by atoms with E-state index in [2.05, 4.69) is 4.98 Å². The molecule has 0 saturated carbocycles. The molecule has 0 aliphatic heterocycles. The van der Waals surface area contributed by atoms with Crippen molar-refractivity contribution in [2.24, 2.45) is 0 Å². The van der Waals surface area contributed by atoms with Crippen molar-refractivity contribution in [1.29, 1.82) is 0 Å². The highest BCUT2D eigenvalue weighted by Gasteiger charge is 2.14. The van der Waals surface area contributed by atoms with Gasteiger partial charge in [0.2, 0.25) is 0 Å². The highest BCUT2D eigenvalue weighted by Crippen LogP contribution is 2.26. The second kappa shape index (κ2) is 3.76. The molecule has 0 saturated heterocycles. The summed E-state index contributed by atoms with van der Waals surface area (Å²) < 4.78 is 0.467. The minimum Gasteiger partial charge on any atom is -0.507 e. The minimum absolute atomic E-state index is 0.0718. The van der Waals surface area contributed by atoms with E-state index in [1.54, 1.807) is 12.3 Å². The van der Waals surface area contributed by atoms with Gasteiger partial charge in [-0.15, -0.1) is 4.73 Å². The quantitative estimate of drug-likeness (QED) is 0.737. The van der Waals surface area contributed by atoms with Crippen LogP contribution in [0.25, 0.3) is 11.0 Å². The largest absolute Gasteiger partial charge is 0.507 e. The van der Waals surface area contributed by atoms with Crippen LogP contribution in [0.4, 0.5) is 0 Å². The maximum Gasteiger partial charge on any atom is 0.291 e. The minimum atomic E-state index is -0.653. The number of hydrogen-bond acceptors (Lipinski definition) is 4. The van der Waals surface area contributed by atoms with Crippen molar-refractivity contribution in [1.82, 2.24) is 9.71 Å². The summed E-state index contributed by atoms with van der Waals surface area (Å²) in [4.78, 5) is 15.6. The van der Waals surface area contributed by atoms with E-state index >= 15 is 0 Å².